The smallest absolute Gasteiger partial charge is 0.356 e. The highest BCUT2D eigenvalue weighted by molar-refractivity contribution is 14.0. The molecule has 0 fully saturated rings. The maximum atomic E-state index is 12.0. The minimum absolute atomic E-state index is 0. The Labute approximate surface area is 156 Å². The van der Waals surface area contributed by atoms with Crippen molar-refractivity contribution in [1.82, 2.24) is 10.6 Å². The number of sulfonamides is 1. The van der Waals surface area contributed by atoms with E-state index in [0.717, 1.165) is 5.56 Å². The Balaban J connectivity index is 0.00000529. The quantitative estimate of drug-likeness (QED) is 0.328. The molecule has 0 aliphatic carbocycles. The summed E-state index contributed by atoms with van der Waals surface area (Å²) in [5, 5.41) is 10.4. The first-order valence-electron chi connectivity index (χ1n) is 6.75. The van der Waals surface area contributed by atoms with Crippen molar-refractivity contribution >= 4 is 40.0 Å². The molecule has 1 aromatic rings. The molecule has 0 atom stereocenters. The van der Waals surface area contributed by atoms with Crippen LogP contribution in [0.2, 0.25) is 0 Å². The van der Waals surface area contributed by atoms with Crippen LogP contribution in [0.5, 0.6) is 0 Å². The first kappa shape index (κ1) is 22.9. The number of benzene rings is 1. The van der Waals surface area contributed by atoms with Crippen LogP contribution in [0, 0.1) is 0 Å². The van der Waals surface area contributed by atoms with Crippen molar-refractivity contribution in [3.05, 3.63) is 29.8 Å². The number of primary sulfonamides is 1. The van der Waals surface area contributed by atoms with Gasteiger partial charge in [0.25, 0.3) is 0 Å². The molecule has 11 heteroatoms. The maximum Gasteiger partial charge on any atom is 0.390 e. The molecule has 0 amide bonds. The van der Waals surface area contributed by atoms with Gasteiger partial charge in [-0.15, -0.1) is 24.0 Å². The molecule has 24 heavy (non-hydrogen) atoms. The van der Waals surface area contributed by atoms with E-state index in [0.29, 0.717) is 13.0 Å². The molecule has 0 bridgehead atoms. The van der Waals surface area contributed by atoms with Gasteiger partial charge in [-0.2, -0.15) is 13.2 Å². The van der Waals surface area contributed by atoms with Crippen molar-refractivity contribution in [2.75, 3.05) is 20.1 Å². The molecule has 0 aromatic heterocycles. The number of nitrogens with zero attached hydrogens (tertiary/aromatic N) is 1. The predicted octanol–water partition coefficient (Wildman–Crippen LogP) is 1.61. The second-order valence-corrected chi connectivity index (χ2v) is 6.29. The summed E-state index contributed by atoms with van der Waals surface area (Å²) < 4.78 is 58.4. The van der Waals surface area contributed by atoms with Gasteiger partial charge < -0.3 is 10.6 Å². The summed E-state index contributed by atoms with van der Waals surface area (Å²) in [6.45, 7) is 0.173. The molecule has 0 saturated heterocycles. The van der Waals surface area contributed by atoms with E-state index in [1.807, 2.05) is 0 Å². The topological polar surface area (TPSA) is 96.6 Å². The highest BCUT2D eigenvalue weighted by Gasteiger charge is 2.26. The van der Waals surface area contributed by atoms with Crippen LogP contribution in [0.4, 0.5) is 13.2 Å². The fourth-order valence-electron chi connectivity index (χ4n) is 1.71. The van der Waals surface area contributed by atoms with Crippen LogP contribution < -0.4 is 15.8 Å². The Kier molecular flexibility index (Phi) is 9.58. The zero-order valence-corrected chi connectivity index (χ0v) is 16.1. The largest absolute Gasteiger partial charge is 0.390 e. The van der Waals surface area contributed by atoms with E-state index in [1.54, 1.807) is 12.1 Å². The van der Waals surface area contributed by atoms with Crippen LogP contribution >= 0.6 is 24.0 Å². The van der Waals surface area contributed by atoms with Gasteiger partial charge >= 0.3 is 6.18 Å². The fraction of sp³-hybridized carbons (Fsp3) is 0.462. The average molecular weight is 480 g/mol. The van der Waals surface area contributed by atoms with E-state index in [4.69, 9.17) is 5.14 Å². The lowest BCUT2D eigenvalue weighted by Crippen LogP contribution is -2.39. The van der Waals surface area contributed by atoms with E-state index in [2.05, 4.69) is 15.6 Å². The van der Waals surface area contributed by atoms with Crippen molar-refractivity contribution in [2.45, 2.75) is 23.9 Å². The van der Waals surface area contributed by atoms with Gasteiger partial charge in [-0.05, 0) is 24.1 Å². The Morgan fingerprint density at radius 1 is 1.17 bits per heavy atom. The fourth-order valence-corrected chi connectivity index (χ4v) is 2.23. The molecule has 4 N–H and O–H groups in total. The van der Waals surface area contributed by atoms with E-state index in [9.17, 15) is 21.6 Å². The van der Waals surface area contributed by atoms with Gasteiger partial charge in [0.15, 0.2) is 5.96 Å². The van der Waals surface area contributed by atoms with Gasteiger partial charge in [-0.3, -0.25) is 4.99 Å². The normalized spacial score (nSPS) is 12.5. The third kappa shape index (κ3) is 9.27. The molecule has 0 saturated carbocycles. The second kappa shape index (κ2) is 10.0. The van der Waals surface area contributed by atoms with Crippen LogP contribution in [-0.2, 0) is 16.4 Å². The number of nitrogens with one attached hydrogen (secondary N) is 2. The highest BCUT2D eigenvalue weighted by atomic mass is 127. The average Bonchev–Trinajstić information content (AvgIpc) is 2.44. The first-order chi connectivity index (χ1) is 10.6. The minimum Gasteiger partial charge on any atom is -0.356 e. The molecule has 138 valence electrons. The lowest BCUT2D eigenvalue weighted by Gasteiger charge is -2.13. The summed E-state index contributed by atoms with van der Waals surface area (Å²) in [7, 11) is -2.25. The summed E-state index contributed by atoms with van der Waals surface area (Å²) in [4.78, 5) is 3.84. The Bertz CT molecular complexity index is 634. The monoisotopic (exact) mass is 480 g/mol. The van der Waals surface area contributed by atoms with Crippen LogP contribution in [0.3, 0.4) is 0 Å². The van der Waals surface area contributed by atoms with Crippen molar-refractivity contribution < 1.29 is 21.6 Å². The number of hydrogen-bond acceptors (Lipinski definition) is 3. The van der Waals surface area contributed by atoms with Gasteiger partial charge in [0.05, 0.1) is 11.3 Å². The molecular formula is C13H20F3IN4O2S. The van der Waals surface area contributed by atoms with Gasteiger partial charge in [-0.1, -0.05) is 12.1 Å². The lowest BCUT2D eigenvalue weighted by atomic mass is 10.1. The third-order valence-electron chi connectivity index (χ3n) is 2.88. The van der Waals surface area contributed by atoms with Gasteiger partial charge in [0.1, 0.15) is 0 Å². The summed E-state index contributed by atoms with van der Waals surface area (Å²) >= 11 is 0. The lowest BCUT2D eigenvalue weighted by molar-refractivity contribution is -0.132. The Hall–Kier alpha value is -1.08. The number of hydrogen-bond donors (Lipinski definition) is 3. The summed E-state index contributed by atoms with van der Waals surface area (Å²) in [5.41, 5.74) is 0.857. The highest BCUT2D eigenvalue weighted by Crippen LogP contribution is 2.18. The Morgan fingerprint density at radius 2 is 1.71 bits per heavy atom. The van der Waals surface area contributed by atoms with Crippen molar-refractivity contribution in [1.29, 1.82) is 0 Å². The van der Waals surface area contributed by atoms with Crippen molar-refractivity contribution in [2.24, 2.45) is 10.1 Å². The van der Waals surface area contributed by atoms with Gasteiger partial charge in [-0.25, -0.2) is 13.6 Å². The van der Waals surface area contributed by atoms with E-state index >= 15 is 0 Å². The number of alkyl halides is 3. The number of halogens is 4. The standard InChI is InChI=1S/C13H19F3N4O2S.HI/c1-18-12(20-9-7-13(14,15)16)19-8-6-10-2-4-11(5-3-10)23(17,21)22;/h2-5H,6-9H2,1H3,(H2,17,21,22)(H2,18,19,20);1H. The summed E-state index contributed by atoms with van der Waals surface area (Å²) in [6, 6.07) is 6.06. The number of nitrogens with two attached hydrogens (primary N) is 1. The molecule has 6 nitrogen and oxygen atoms in total. The molecule has 0 aliphatic heterocycles. The molecular weight excluding hydrogens is 460 g/mol. The molecule has 1 rings (SSSR count). The predicted molar refractivity (Wildman–Crippen MR) is 97.0 cm³/mol. The second-order valence-electron chi connectivity index (χ2n) is 4.73. The van der Waals surface area contributed by atoms with Gasteiger partial charge in [0, 0.05) is 20.1 Å². The van der Waals surface area contributed by atoms with E-state index in [1.165, 1.54) is 19.2 Å². The summed E-state index contributed by atoms with van der Waals surface area (Å²) in [6.07, 6.45) is -4.61. The maximum absolute atomic E-state index is 12.0. The van der Waals surface area contributed by atoms with Crippen LogP contribution in [0.15, 0.2) is 34.2 Å². The minimum atomic E-state index is -4.21. The van der Waals surface area contributed by atoms with Crippen molar-refractivity contribution in [3.63, 3.8) is 0 Å². The third-order valence-corrected chi connectivity index (χ3v) is 3.81. The van der Waals surface area contributed by atoms with Crippen LogP contribution in [0.1, 0.15) is 12.0 Å². The van der Waals surface area contributed by atoms with E-state index < -0.39 is 22.6 Å². The number of rotatable bonds is 6. The zero-order chi connectivity index (χ0) is 17.5. The Morgan fingerprint density at radius 3 is 2.17 bits per heavy atom. The molecule has 0 aliphatic rings. The molecule has 0 spiro atoms. The molecule has 0 heterocycles. The number of aliphatic imine (C=N–C) groups is 1. The molecule has 1 aromatic carbocycles. The van der Waals surface area contributed by atoms with Crippen LogP contribution in [0.25, 0.3) is 0 Å². The SMILES string of the molecule is CN=C(NCCc1ccc(S(N)(=O)=O)cc1)NCCC(F)(F)F.I. The number of guanidine groups is 1. The molecule has 0 radical (unpaired) electrons. The van der Waals surface area contributed by atoms with Crippen molar-refractivity contribution in [3.8, 4) is 0 Å². The van der Waals surface area contributed by atoms with Crippen LogP contribution in [-0.4, -0.2) is 40.7 Å². The summed E-state index contributed by atoms with van der Waals surface area (Å²) in [5.74, 6) is 0.274. The molecule has 0 unspecified atom stereocenters. The first-order valence-corrected chi connectivity index (χ1v) is 8.29. The zero-order valence-electron chi connectivity index (χ0n) is 12.9. The van der Waals surface area contributed by atoms with Gasteiger partial charge in [0.2, 0.25) is 10.0 Å². The van der Waals surface area contributed by atoms with E-state index in [-0.39, 0.29) is 41.4 Å².